The third-order valence-corrected chi connectivity index (χ3v) is 5.40. The summed E-state index contributed by atoms with van der Waals surface area (Å²) in [6.07, 6.45) is 2.82. The number of rotatable bonds is 6. The van der Waals surface area contributed by atoms with Crippen molar-refractivity contribution >= 4 is 16.6 Å². The monoisotopic (exact) mass is 404 g/mol. The van der Waals surface area contributed by atoms with Gasteiger partial charge in [-0.25, -0.2) is 13.8 Å². The largest absolute Gasteiger partial charge is 0.388 e. The molecule has 0 aromatic carbocycles. The number of aromatic amines is 1. The van der Waals surface area contributed by atoms with Crippen molar-refractivity contribution in [3.63, 3.8) is 0 Å². The summed E-state index contributed by atoms with van der Waals surface area (Å²) >= 11 is 0. The average Bonchev–Trinajstić information content (AvgIpc) is 3.16. The Morgan fingerprint density at radius 3 is 3.00 bits per heavy atom. The number of hydrogen-bond donors (Lipinski definition) is 4. The number of allylic oxidation sites excluding steroid dienone is 4. The highest BCUT2D eigenvalue weighted by atomic mass is 19.1. The quantitative estimate of drug-likeness (QED) is 0.551. The summed E-state index contributed by atoms with van der Waals surface area (Å²) in [4.78, 5) is 5.67. The van der Waals surface area contributed by atoms with Crippen molar-refractivity contribution in [1.29, 1.82) is 0 Å². The first-order valence-electron chi connectivity index (χ1n) is 9.46. The first-order valence-corrected chi connectivity index (χ1v) is 9.46. The van der Waals surface area contributed by atoms with Crippen LogP contribution >= 0.6 is 0 Å². The number of aliphatic hydroxyl groups is 1. The van der Waals surface area contributed by atoms with Gasteiger partial charge in [0.1, 0.15) is 11.6 Å². The Morgan fingerprint density at radius 2 is 2.28 bits per heavy atom. The van der Waals surface area contributed by atoms with Crippen LogP contribution in [0.5, 0.6) is 0 Å². The van der Waals surface area contributed by atoms with Gasteiger partial charge in [0.2, 0.25) is 0 Å². The van der Waals surface area contributed by atoms with Crippen LogP contribution in [0, 0.1) is 0 Å². The Morgan fingerprint density at radius 1 is 1.52 bits per heavy atom. The maximum absolute atomic E-state index is 14.7. The number of nitrogens with one attached hydrogen (secondary N) is 2. The van der Waals surface area contributed by atoms with Crippen LogP contribution < -0.4 is 11.1 Å². The molecule has 1 fully saturated rings. The van der Waals surface area contributed by atoms with Crippen LogP contribution in [0.4, 0.5) is 8.78 Å². The van der Waals surface area contributed by atoms with Gasteiger partial charge in [-0.2, -0.15) is 5.10 Å². The van der Waals surface area contributed by atoms with Gasteiger partial charge in [-0.1, -0.05) is 13.5 Å². The van der Waals surface area contributed by atoms with E-state index in [2.05, 4.69) is 27.1 Å². The van der Waals surface area contributed by atoms with Gasteiger partial charge in [0.15, 0.2) is 11.5 Å². The lowest BCUT2D eigenvalue weighted by Crippen LogP contribution is -2.60. The predicted molar refractivity (Wildman–Crippen MR) is 109 cm³/mol. The molecule has 0 amide bonds. The lowest BCUT2D eigenvalue weighted by molar-refractivity contribution is -0.00424. The van der Waals surface area contributed by atoms with Crippen LogP contribution in [-0.2, 0) is 0 Å². The van der Waals surface area contributed by atoms with E-state index in [9.17, 15) is 13.9 Å². The smallest absolute Gasteiger partial charge is 0.181 e. The molecule has 3 heterocycles. The highest BCUT2D eigenvalue weighted by molar-refractivity contribution is 5.91. The molecule has 2 aromatic heterocycles. The van der Waals surface area contributed by atoms with E-state index in [1.807, 2.05) is 6.92 Å². The van der Waals surface area contributed by atoms with Gasteiger partial charge in [0.25, 0.3) is 0 Å². The number of fused-ring (bicyclic) bond motifs is 1. The Balaban J connectivity index is 1.80. The minimum Gasteiger partial charge on any atom is -0.388 e. The summed E-state index contributed by atoms with van der Waals surface area (Å²) < 4.78 is 29.4. The Kier molecular flexibility index (Phi) is 5.99. The second kappa shape index (κ2) is 8.30. The molecule has 29 heavy (non-hydrogen) atoms. The Bertz CT molecular complexity index is 965. The fraction of sp³-hybridized carbons (Fsp3) is 0.400. The maximum Gasteiger partial charge on any atom is 0.181 e. The van der Waals surface area contributed by atoms with Gasteiger partial charge in [-0.15, -0.1) is 0 Å². The number of nitrogens with two attached hydrogens (primary N) is 1. The fourth-order valence-corrected chi connectivity index (χ4v) is 3.25. The first-order chi connectivity index (χ1) is 13.7. The van der Waals surface area contributed by atoms with E-state index in [0.717, 1.165) is 6.08 Å². The second-order valence-corrected chi connectivity index (χ2v) is 7.34. The van der Waals surface area contributed by atoms with E-state index >= 15 is 0 Å². The predicted octanol–water partition coefficient (Wildman–Crippen LogP) is 2.36. The third-order valence-electron chi connectivity index (χ3n) is 5.40. The van der Waals surface area contributed by atoms with Crippen molar-refractivity contribution < 1.29 is 13.9 Å². The third kappa shape index (κ3) is 4.30. The minimum absolute atomic E-state index is 0.0458. The molecule has 0 aliphatic carbocycles. The zero-order valence-electron chi connectivity index (χ0n) is 16.5. The Labute approximate surface area is 168 Å². The number of halogens is 2. The average molecular weight is 404 g/mol. The lowest BCUT2D eigenvalue weighted by Gasteiger charge is -2.41. The number of piperazine rings is 1. The number of nitrogens with zero attached hydrogens (tertiary/aromatic N) is 3. The molecule has 0 bridgehead atoms. The van der Waals surface area contributed by atoms with Gasteiger partial charge in [0, 0.05) is 42.9 Å². The first kappa shape index (κ1) is 20.9. The maximum atomic E-state index is 14.7. The SMILES string of the molecule is C=C(/C(F)=C\C(F)=C(/N)N1CCN[C@H](C(C)(O)CC)C1)c1[nH]nc2ncccc12. The molecule has 2 aromatic rings. The van der Waals surface area contributed by atoms with Crippen molar-refractivity contribution in [3.05, 3.63) is 54.2 Å². The number of pyridine rings is 1. The molecule has 2 atom stereocenters. The highest BCUT2D eigenvalue weighted by Crippen LogP contribution is 2.28. The molecule has 1 aliphatic rings. The topological polar surface area (TPSA) is 103 Å². The van der Waals surface area contributed by atoms with Crippen molar-refractivity contribution in [1.82, 2.24) is 25.4 Å². The molecule has 0 radical (unpaired) electrons. The van der Waals surface area contributed by atoms with E-state index < -0.39 is 17.3 Å². The van der Waals surface area contributed by atoms with Crippen LogP contribution in [0.3, 0.4) is 0 Å². The molecule has 5 N–H and O–H groups in total. The summed E-state index contributed by atoms with van der Waals surface area (Å²) in [6.45, 7) is 8.58. The standard InChI is InChI=1S/C20H26F2N6O/c1-4-20(3,29)16-11-28(9-8-24-16)18(23)15(22)10-14(21)12(2)17-13-6-5-7-25-19(13)27-26-17/h5-7,10,16,24,29H,2,4,8-9,11,23H2,1,3H3,(H,25,26,27)/b14-10+,18-15-/t16-,20?/m0/s1. The van der Waals surface area contributed by atoms with Gasteiger partial charge >= 0.3 is 0 Å². The van der Waals surface area contributed by atoms with E-state index in [1.54, 1.807) is 30.2 Å². The van der Waals surface area contributed by atoms with Crippen LogP contribution in [-0.4, -0.2) is 56.5 Å². The van der Waals surface area contributed by atoms with Crippen molar-refractivity contribution in [3.8, 4) is 0 Å². The summed E-state index contributed by atoms with van der Waals surface area (Å²) in [7, 11) is 0. The molecule has 7 nitrogen and oxygen atoms in total. The van der Waals surface area contributed by atoms with Crippen LogP contribution in [0.2, 0.25) is 0 Å². The lowest BCUT2D eigenvalue weighted by atomic mass is 9.92. The summed E-state index contributed by atoms with van der Waals surface area (Å²) in [5.41, 5.74) is 5.69. The zero-order valence-corrected chi connectivity index (χ0v) is 16.5. The van der Waals surface area contributed by atoms with Crippen molar-refractivity contribution in [2.24, 2.45) is 5.73 Å². The van der Waals surface area contributed by atoms with Gasteiger partial charge < -0.3 is 21.1 Å². The second-order valence-electron chi connectivity index (χ2n) is 7.34. The number of H-pyrrole nitrogens is 1. The molecule has 1 unspecified atom stereocenters. The fourth-order valence-electron chi connectivity index (χ4n) is 3.25. The zero-order chi connectivity index (χ0) is 21.2. The van der Waals surface area contributed by atoms with Gasteiger partial charge in [-0.3, -0.25) is 5.10 Å². The Hall–Kier alpha value is -2.78. The molecular formula is C20H26F2N6O. The van der Waals surface area contributed by atoms with Gasteiger partial charge in [0.05, 0.1) is 17.3 Å². The molecule has 0 spiro atoms. The summed E-state index contributed by atoms with van der Waals surface area (Å²) in [6, 6.07) is 3.14. The molecule has 9 heteroatoms. The van der Waals surface area contributed by atoms with Gasteiger partial charge in [-0.05, 0) is 25.5 Å². The normalized spacial score (nSPS) is 21.1. The van der Waals surface area contributed by atoms with E-state index in [1.165, 1.54) is 0 Å². The van der Waals surface area contributed by atoms with Crippen LogP contribution in [0.25, 0.3) is 16.6 Å². The van der Waals surface area contributed by atoms with E-state index in [-0.39, 0.29) is 17.4 Å². The number of hydrogen-bond acceptors (Lipinski definition) is 6. The molecular weight excluding hydrogens is 378 g/mol. The van der Waals surface area contributed by atoms with E-state index in [4.69, 9.17) is 5.73 Å². The van der Waals surface area contributed by atoms with Crippen molar-refractivity contribution in [2.45, 2.75) is 31.9 Å². The molecule has 0 saturated carbocycles. The summed E-state index contributed by atoms with van der Waals surface area (Å²) in [5, 5.41) is 20.9. The minimum atomic E-state index is -0.958. The molecule has 156 valence electrons. The molecule has 3 rings (SSSR count). The van der Waals surface area contributed by atoms with E-state index in [0.29, 0.717) is 42.8 Å². The summed E-state index contributed by atoms with van der Waals surface area (Å²) in [5.74, 6) is -1.95. The number of aromatic nitrogens is 3. The van der Waals surface area contributed by atoms with Crippen LogP contribution in [0.1, 0.15) is 26.0 Å². The van der Waals surface area contributed by atoms with Crippen LogP contribution in [0.15, 0.2) is 48.5 Å². The molecule has 1 saturated heterocycles. The highest BCUT2D eigenvalue weighted by Gasteiger charge is 2.34. The van der Waals surface area contributed by atoms with Crippen molar-refractivity contribution in [2.75, 3.05) is 19.6 Å². The molecule has 1 aliphatic heterocycles.